The lowest BCUT2D eigenvalue weighted by molar-refractivity contribution is -0.138. The fourth-order valence-electron chi connectivity index (χ4n) is 8.82. The van der Waals surface area contributed by atoms with Gasteiger partial charge in [-0.15, -0.1) is 0 Å². The van der Waals surface area contributed by atoms with Crippen LogP contribution in [0.1, 0.15) is 151 Å². The van der Waals surface area contributed by atoms with E-state index < -0.39 is 70.1 Å². The van der Waals surface area contributed by atoms with Gasteiger partial charge in [0.2, 0.25) is 5.24 Å². The van der Waals surface area contributed by atoms with Gasteiger partial charge in [0.15, 0.2) is 5.78 Å². The molecule has 4 aromatic heterocycles. The number of alkyl halides is 12. The Balaban J connectivity index is 0.000000254. The van der Waals surface area contributed by atoms with E-state index in [1.54, 1.807) is 72.3 Å². The third-order valence-corrected chi connectivity index (χ3v) is 13.8. The van der Waals surface area contributed by atoms with Crippen molar-refractivity contribution in [1.29, 1.82) is 0 Å². The van der Waals surface area contributed by atoms with E-state index in [2.05, 4.69) is 19.9 Å². The van der Waals surface area contributed by atoms with Crippen LogP contribution < -0.4 is 0 Å². The number of rotatable bonds is 18. The zero-order chi connectivity index (χ0) is 69.6. The Morgan fingerprint density at radius 1 is 0.430 bits per heavy atom. The van der Waals surface area contributed by atoms with Crippen LogP contribution >= 0.6 is 11.6 Å². The van der Waals surface area contributed by atoms with Gasteiger partial charge in [0.05, 0.1) is 42.1 Å². The zero-order valence-electron chi connectivity index (χ0n) is 51.0. The van der Waals surface area contributed by atoms with Gasteiger partial charge < -0.3 is 39.3 Å². The first kappa shape index (κ1) is 76.1. The number of H-pyrrole nitrogens is 4. The summed E-state index contributed by atoms with van der Waals surface area (Å²) in [6.45, 7) is 13.0. The largest absolute Gasteiger partial charge is 0.477 e. The van der Waals surface area contributed by atoms with Gasteiger partial charge in [0.1, 0.15) is 22.8 Å². The molecule has 0 saturated heterocycles. The Bertz CT molecular complexity index is 3820. The zero-order valence-corrected chi connectivity index (χ0v) is 51.8. The molecule has 0 saturated carbocycles. The number of carbonyl (C=O) groups is 6. The number of aromatic amines is 4. The van der Waals surface area contributed by atoms with E-state index in [1.165, 1.54) is 42.6 Å². The molecule has 8 aromatic rings. The van der Waals surface area contributed by atoms with E-state index in [-0.39, 0.29) is 65.9 Å². The molecule has 0 amide bonds. The van der Waals surface area contributed by atoms with Gasteiger partial charge >= 0.3 is 48.6 Å². The van der Waals surface area contributed by atoms with Crippen molar-refractivity contribution in [2.24, 2.45) is 0 Å². The van der Waals surface area contributed by atoms with Crippen LogP contribution in [0.2, 0.25) is 0 Å². The first-order valence-corrected chi connectivity index (χ1v) is 28.6. The maximum absolute atomic E-state index is 12.7. The number of nitrogens with one attached hydrogen (secondary N) is 4. The second-order valence-electron chi connectivity index (χ2n) is 20.3. The highest BCUT2D eigenvalue weighted by Crippen LogP contribution is 2.33. The summed E-state index contributed by atoms with van der Waals surface area (Å²) in [6.07, 6.45) is -9.61. The van der Waals surface area contributed by atoms with Gasteiger partial charge in [0.25, 0.3) is 0 Å². The Hall–Kier alpha value is -9.33. The van der Waals surface area contributed by atoms with Crippen molar-refractivity contribution in [3.05, 3.63) is 234 Å². The molecular formula is C66H65ClF12N4O10. The number of aromatic nitrogens is 4. The van der Waals surface area contributed by atoms with Crippen LogP contribution in [-0.2, 0) is 82.2 Å². The topological polar surface area (TPSA) is 213 Å². The van der Waals surface area contributed by atoms with Crippen molar-refractivity contribution in [2.45, 2.75) is 112 Å². The molecule has 0 aliphatic rings. The average molecular weight is 1340 g/mol. The lowest BCUT2D eigenvalue weighted by Crippen LogP contribution is -2.09. The minimum atomic E-state index is -4.46. The molecule has 14 nitrogen and oxygen atoms in total. The van der Waals surface area contributed by atoms with Crippen LogP contribution in [-0.4, -0.2) is 79.8 Å². The second kappa shape index (κ2) is 34.4. The smallest absolute Gasteiger partial charge is 0.416 e. The normalized spacial score (nSPS) is 11.3. The number of aromatic carboxylic acids is 1. The molecule has 8 rings (SSSR count). The number of ether oxygens (including phenoxy) is 3. The average Bonchev–Trinajstić information content (AvgIpc) is 2.02. The number of halogens is 13. The maximum Gasteiger partial charge on any atom is 0.416 e. The minimum absolute atomic E-state index is 0.119. The van der Waals surface area contributed by atoms with Gasteiger partial charge in [-0.2, -0.15) is 52.7 Å². The number of hydrogen-bond donors (Lipinski definition) is 5. The summed E-state index contributed by atoms with van der Waals surface area (Å²) in [5.74, 6) is -2.70. The SMILES string of the molecule is CCOC(=O)c1[nH]cc(C(=O)Cc2cccc(C(F)(F)F)c2)c1C.CCOC(=O)c1[nH]cc(CCc2cccc(C(F)(F)F)c2)c1C.CCOC(=O)c1[nH]ccc1C.Cc1c(CCc2cccc(C(F)(F)F)c2)c[nH]c1C(=O)O.O=C(Cl)Cc1cccc(C(F)(F)F)c1. The van der Waals surface area contributed by atoms with E-state index in [0.717, 1.165) is 70.8 Å². The van der Waals surface area contributed by atoms with Crippen LogP contribution in [0.4, 0.5) is 52.7 Å². The van der Waals surface area contributed by atoms with Crippen molar-refractivity contribution < 1.29 is 101 Å². The van der Waals surface area contributed by atoms with Crippen molar-refractivity contribution in [3.8, 4) is 0 Å². The van der Waals surface area contributed by atoms with Gasteiger partial charge in [-0.05, 0) is 172 Å². The van der Waals surface area contributed by atoms with E-state index in [1.807, 2.05) is 13.0 Å². The monoisotopic (exact) mass is 1340 g/mol. The lowest BCUT2D eigenvalue weighted by Gasteiger charge is -2.08. The van der Waals surface area contributed by atoms with Gasteiger partial charge in [-0.3, -0.25) is 9.59 Å². The minimum Gasteiger partial charge on any atom is -0.477 e. The Kier molecular flexibility index (Phi) is 28.1. The first-order valence-electron chi connectivity index (χ1n) is 28.3. The van der Waals surface area contributed by atoms with E-state index in [4.69, 9.17) is 30.9 Å². The van der Waals surface area contributed by atoms with Crippen molar-refractivity contribution in [3.63, 3.8) is 0 Å². The molecule has 93 heavy (non-hydrogen) atoms. The van der Waals surface area contributed by atoms with Crippen LogP contribution in [0.3, 0.4) is 0 Å². The molecule has 0 spiro atoms. The molecule has 0 aliphatic heterocycles. The summed E-state index contributed by atoms with van der Waals surface area (Å²) >= 11 is 5.06. The van der Waals surface area contributed by atoms with Crippen LogP contribution in [0, 0.1) is 27.7 Å². The Morgan fingerprint density at radius 2 is 0.774 bits per heavy atom. The molecule has 4 heterocycles. The molecule has 0 unspecified atom stereocenters. The quantitative estimate of drug-likeness (QED) is 0.0180. The number of carboxylic acid groups (broad SMARTS) is 1. The molecular weight excluding hydrogens is 1270 g/mol. The predicted octanol–water partition coefficient (Wildman–Crippen LogP) is 16.6. The van der Waals surface area contributed by atoms with Gasteiger partial charge in [-0.1, -0.05) is 72.8 Å². The molecule has 0 fully saturated rings. The van der Waals surface area contributed by atoms with Crippen LogP contribution in [0.5, 0.6) is 0 Å². The molecule has 4 aromatic carbocycles. The summed E-state index contributed by atoms with van der Waals surface area (Å²) in [7, 11) is 0. The lowest BCUT2D eigenvalue weighted by atomic mass is 10.0. The number of hydrogen-bond acceptors (Lipinski definition) is 9. The molecule has 500 valence electrons. The summed E-state index contributed by atoms with van der Waals surface area (Å²) in [4.78, 5) is 79.3. The highest BCUT2D eigenvalue weighted by atomic mass is 35.5. The predicted molar refractivity (Wildman–Crippen MR) is 320 cm³/mol. The van der Waals surface area contributed by atoms with Crippen molar-refractivity contribution in [1.82, 2.24) is 19.9 Å². The van der Waals surface area contributed by atoms with Crippen LogP contribution in [0.25, 0.3) is 0 Å². The molecule has 5 N–H and O–H groups in total. The molecule has 27 heteroatoms. The van der Waals surface area contributed by atoms with Gasteiger partial charge in [-0.25, -0.2) is 19.2 Å². The fraction of sp³-hybridized carbons (Fsp3) is 0.303. The summed E-state index contributed by atoms with van der Waals surface area (Å²) in [5, 5.41) is 8.26. The number of benzene rings is 4. The standard InChI is InChI=1S/C17H16F3NO3.C17H18F3NO2.C15H14F3NO2.C9H6ClF3O.C8H11NO2/c1-3-24-16(23)15-10(2)13(9-21-15)14(22)8-11-5-4-6-12(7-11)17(18,19)20;1-3-23-16(22)15-11(2)13(10-21-15)8-7-12-5-4-6-14(9-12)17(18,19)20;1-9-11(8-19-13(9)14(20)21)6-5-10-3-2-4-12(7-10)15(16,17)18;10-8(14)5-6-2-1-3-7(4-6)9(11,12)13;1-3-11-8(10)7-6(2)4-5-9-7/h4-7,9,21H,3,8H2,1-2H3;4-6,9-10,21H,3,7-8H2,1-2H3;2-4,7-8,19H,5-6H2,1H3,(H,20,21);1-4H,5H2;4-5,9H,3H2,1-2H3. The number of esters is 3. The number of carbonyl (C=O) groups excluding carboxylic acids is 5. The second-order valence-corrected chi connectivity index (χ2v) is 20.7. The third-order valence-electron chi connectivity index (χ3n) is 13.6. The fourth-order valence-corrected chi connectivity index (χ4v) is 8.98. The summed E-state index contributed by atoms with van der Waals surface area (Å²) in [5.41, 5.74) is 4.73. The van der Waals surface area contributed by atoms with E-state index in [0.29, 0.717) is 65.9 Å². The van der Waals surface area contributed by atoms with E-state index in [9.17, 15) is 81.5 Å². The van der Waals surface area contributed by atoms with E-state index >= 15 is 0 Å². The molecule has 0 bridgehead atoms. The number of aryl methyl sites for hydroxylation is 5. The maximum atomic E-state index is 12.7. The molecule has 0 atom stereocenters. The number of Topliss-reactive ketones (excluding diaryl/α,β-unsaturated/α-hetero) is 1. The summed E-state index contributed by atoms with van der Waals surface area (Å²) < 4.78 is 165. The summed E-state index contributed by atoms with van der Waals surface area (Å²) in [6, 6.07) is 21.5. The first-order chi connectivity index (χ1) is 43.5. The Morgan fingerprint density at radius 3 is 1.13 bits per heavy atom. The van der Waals surface area contributed by atoms with Crippen molar-refractivity contribution >= 4 is 46.5 Å². The highest BCUT2D eigenvalue weighted by molar-refractivity contribution is 6.63. The molecule has 0 radical (unpaired) electrons. The number of carboxylic acids is 1. The Labute approximate surface area is 531 Å². The van der Waals surface area contributed by atoms with Gasteiger partial charge in [0, 0.05) is 43.2 Å². The van der Waals surface area contributed by atoms with Crippen molar-refractivity contribution in [2.75, 3.05) is 19.8 Å². The highest BCUT2D eigenvalue weighted by Gasteiger charge is 2.33. The third kappa shape index (κ3) is 23.7. The number of ketones is 1. The van der Waals surface area contributed by atoms with Crippen LogP contribution in [0.15, 0.2) is 128 Å². The molecule has 0 aliphatic carbocycles.